The standard InChI is InChI=1S/C23H26ClN5O/c1-14-12-17-16(8-11-29(17)22-20(24)21(25)26-13-27-22)19(15-6-3-2-4-7-15)18(14)23(30)28-9-5-10-28/h8,11-13,15H,2-7,9-10H2,1H3,(H2,25,26,27). The number of nitrogens with two attached hydrogens (primary N) is 1. The van der Waals surface area contributed by atoms with E-state index in [-0.39, 0.29) is 11.7 Å². The molecule has 2 aromatic heterocycles. The minimum Gasteiger partial charge on any atom is -0.382 e. The lowest BCUT2D eigenvalue weighted by Crippen LogP contribution is -2.42. The van der Waals surface area contributed by atoms with Gasteiger partial charge in [-0.2, -0.15) is 0 Å². The lowest BCUT2D eigenvalue weighted by Gasteiger charge is -2.34. The molecule has 1 amide bonds. The highest BCUT2D eigenvalue weighted by Crippen LogP contribution is 2.41. The molecule has 0 bridgehead atoms. The van der Waals surface area contributed by atoms with Gasteiger partial charge in [-0.1, -0.05) is 30.9 Å². The second-order valence-corrected chi connectivity index (χ2v) is 8.86. The molecule has 2 aliphatic rings. The van der Waals surface area contributed by atoms with E-state index in [4.69, 9.17) is 17.3 Å². The van der Waals surface area contributed by atoms with Gasteiger partial charge in [0.25, 0.3) is 5.91 Å². The fourth-order valence-corrected chi connectivity index (χ4v) is 5.14. The maximum atomic E-state index is 13.4. The van der Waals surface area contributed by atoms with Gasteiger partial charge in [0.2, 0.25) is 0 Å². The Morgan fingerprint density at radius 2 is 1.93 bits per heavy atom. The van der Waals surface area contributed by atoms with Crippen molar-refractivity contribution in [3.8, 4) is 5.82 Å². The molecule has 0 radical (unpaired) electrons. The Balaban J connectivity index is 1.74. The monoisotopic (exact) mass is 423 g/mol. The van der Waals surface area contributed by atoms with Crippen LogP contribution < -0.4 is 5.73 Å². The zero-order valence-electron chi connectivity index (χ0n) is 17.2. The number of nitrogens with zero attached hydrogens (tertiary/aromatic N) is 4. The van der Waals surface area contributed by atoms with Gasteiger partial charge in [-0.25, -0.2) is 9.97 Å². The second-order valence-electron chi connectivity index (χ2n) is 8.48. The van der Waals surface area contributed by atoms with Crippen LogP contribution in [0.1, 0.15) is 65.9 Å². The highest BCUT2D eigenvalue weighted by molar-refractivity contribution is 6.34. The number of aryl methyl sites for hydroxylation is 1. The number of hydrogen-bond acceptors (Lipinski definition) is 4. The van der Waals surface area contributed by atoms with Crippen LogP contribution in [-0.2, 0) is 0 Å². The third kappa shape index (κ3) is 3.05. The number of likely N-dealkylation sites (tertiary alicyclic amines) is 1. The zero-order valence-corrected chi connectivity index (χ0v) is 18.0. The summed E-state index contributed by atoms with van der Waals surface area (Å²) in [6.07, 6.45) is 10.5. The summed E-state index contributed by atoms with van der Waals surface area (Å²) in [5, 5.41) is 1.46. The summed E-state index contributed by atoms with van der Waals surface area (Å²) in [5.41, 5.74) is 10.0. The van der Waals surface area contributed by atoms with Gasteiger partial charge in [-0.3, -0.25) is 9.36 Å². The molecule has 1 saturated carbocycles. The summed E-state index contributed by atoms with van der Waals surface area (Å²) in [7, 11) is 0. The summed E-state index contributed by atoms with van der Waals surface area (Å²) < 4.78 is 1.97. The van der Waals surface area contributed by atoms with E-state index in [9.17, 15) is 4.79 Å². The van der Waals surface area contributed by atoms with Crippen LogP contribution in [0.3, 0.4) is 0 Å². The summed E-state index contributed by atoms with van der Waals surface area (Å²) >= 11 is 6.43. The average Bonchev–Trinajstić information content (AvgIpc) is 3.11. The number of benzene rings is 1. The van der Waals surface area contributed by atoms with E-state index >= 15 is 0 Å². The van der Waals surface area contributed by atoms with Crippen molar-refractivity contribution in [1.82, 2.24) is 19.4 Å². The number of rotatable bonds is 3. The number of fused-ring (bicyclic) bond motifs is 1. The van der Waals surface area contributed by atoms with Crippen LogP contribution in [0.4, 0.5) is 5.82 Å². The Hall–Kier alpha value is -2.60. The Morgan fingerprint density at radius 3 is 2.63 bits per heavy atom. The van der Waals surface area contributed by atoms with E-state index < -0.39 is 0 Å². The topological polar surface area (TPSA) is 77.0 Å². The molecule has 2 N–H and O–H groups in total. The van der Waals surface area contributed by atoms with Gasteiger partial charge >= 0.3 is 0 Å². The molecule has 1 saturated heterocycles. The van der Waals surface area contributed by atoms with Crippen LogP contribution in [0.5, 0.6) is 0 Å². The molecule has 0 spiro atoms. The number of carbonyl (C=O) groups excluding carboxylic acids is 1. The van der Waals surface area contributed by atoms with E-state index in [2.05, 4.69) is 22.1 Å². The van der Waals surface area contributed by atoms with Crippen molar-refractivity contribution in [3.63, 3.8) is 0 Å². The minimum atomic E-state index is 0.179. The fraction of sp³-hybridized carbons (Fsp3) is 0.435. The fourth-order valence-electron chi connectivity index (χ4n) is 4.95. The predicted octanol–water partition coefficient (Wildman–Crippen LogP) is 4.86. The third-order valence-electron chi connectivity index (χ3n) is 6.63. The normalized spacial score (nSPS) is 17.3. The highest BCUT2D eigenvalue weighted by Gasteiger charge is 2.31. The Kier molecular flexibility index (Phi) is 4.89. The quantitative estimate of drug-likeness (QED) is 0.652. The number of carbonyl (C=O) groups is 1. The Morgan fingerprint density at radius 1 is 1.17 bits per heavy atom. The van der Waals surface area contributed by atoms with Crippen molar-refractivity contribution < 1.29 is 4.79 Å². The van der Waals surface area contributed by atoms with Crippen LogP contribution in [0.25, 0.3) is 16.7 Å². The second kappa shape index (κ2) is 7.58. The number of aromatic nitrogens is 3. The molecule has 1 aliphatic heterocycles. The maximum Gasteiger partial charge on any atom is 0.254 e. The van der Waals surface area contributed by atoms with Crippen LogP contribution in [0.2, 0.25) is 5.02 Å². The molecule has 0 atom stereocenters. The van der Waals surface area contributed by atoms with Gasteiger partial charge in [0.1, 0.15) is 17.2 Å². The molecular weight excluding hydrogens is 398 g/mol. The molecule has 30 heavy (non-hydrogen) atoms. The van der Waals surface area contributed by atoms with E-state index in [1.807, 2.05) is 22.6 Å². The third-order valence-corrected chi connectivity index (χ3v) is 6.99. The molecule has 6 nitrogen and oxygen atoms in total. The predicted molar refractivity (Wildman–Crippen MR) is 119 cm³/mol. The number of anilines is 1. The Labute approximate surface area is 181 Å². The summed E-state index contributed by atoms with van der Waals surface area (Å²) in [6.45, 7) is 3.76. The molecule has 3 heterocycles. The molecule has 2 fully saturated rings. The molecule has 0 unspecified atom stereocenters. The van der Waals surface area contributed by atoms with Gasteiger partial charge in [0, 0.05) is 30.2 Å². The van der Waals surface area contributed by atoms with Gasteiger partial charge in [0.15, 0.2) is 5.82 Å². The molecule has 7 heteroatoms. The largest absolute Gasteiger partial charge is 0.382 e. The molecule has 156 valence electrons. The number of hydrogen-bond donors (Lipinski definition) is 1. The summed E-state index contributed by atoms with van der Waals surface area (Å²) in [4.78, 5) is 23.7. The minimum absolute atomic E-state index is 0.179. The van der Waals surface area contributed by atoms with Crippen LogP contribution >= 0.6 is 11.6 Å². The van der Waals surface area contributed by atoms with Gasteiger partial charge in [-0.15, -0.1) is 0 Å². The first-order valence-corrected chi connectivity index (χ1v) is 11.1. The lowest BCUT2D eigenvalue weighted by molar-refractivity contribution is 0.0649. The van der Waals surface area contributed by atoms with Crippen molar-refractivity contribution in [3.05, 3.63) is 46.4 Å². The Bertz CT molecular complexity index is 1130. The summed E-state index contributed by atoms with van der Waals surface area (Å²) in [5.74, 6) is 1.41. The maximum absolute atomic E-state index is 13.4. The van der Waals surface area contributed by atoms with Crippen LogP contribution in [-0.4, -0.2) is 38.4 Å². The molecule has 5 rings (SSSR count). The molecule has 3 aromatic rings. The number of halogens is 1. The van der Waals surface area contributed by atoms with Gasteiger partial charge in [0.05, 0.1) is 5.52 Å². The van der Waals surface area contributed by atoms with E-state index in [0.29, 0.717) is 16.8 Å². The van der Waals surface area contributed by atoms with Crippen molar-refractivity contribution >= 4 is 34.2 Å². The molecule has 1 aliphatic carbocycles. The van der Waals surface area contributed by atoms with Crippen molar-refractivity contribution in [1.29, 1.82) is 0 Å². The van der Waals surface area contributed by atoms with Gasteiger partial charge < -0.3 is 10.6 Å². The first kappa shape index (κ1) is 19.4. The number of nitrogen functional groups attached to an aromatic ring is 1. The van der Waals surface area contributed by atoms with E-state index in [1.54, 1.807) is 0 Å². The average molecular weight is 424 g/mol. The van der Waals surface area contributed by atoms with E-state index in [1.165, 1.54) is 31.2 Å². The van der Waals surface area contributed by atoms with E-state index in [0.717, 1.165) is 54.4 Å². The lowest BCUT2D eigenvalue weighted by atomic mass is 9.79. The van der Waals surface area contributed by atoms with Crippen LogP contribution in [0.15, 0.2) is 24.7 Å². The SMILES string of the molecule is Cc1cc2c(ccn2-c2ncnc(N)c2Cl)c(C2CCCCC2)c1C(=O)N1CCC1. The summed E-state index contributed by atoms with van der Waals surface area (Å²) in [6, 6.07) is 4.18. The smallest absolute Gasteiger partial charge is 0.254 e. The molecule has 1 aromatic carbocycles. The first-order valence-electron chi connectivity index (χ1n) is 10.8. The first-order chi connectivity index (χ1) is 14.6. The van der Waals surface area contributed by atoms with Crippen LogP contribution in [0, 0.1) is 6.92 Å². The van der Waals surface area contributed by atoms with Crippen molar-refractivity contribution in [2.45, 2.75) is 51.4 Å². The van der Waals surface area contributed by atoms with Gasteiger partial charge in [-0.05, 0) is 55.4 Å². The number of amides is 1. The highest BCUT2D eigenvalue weighted by atomic mass is 35.5. The van der Waals surface area contributed by atoms with Crippen molar-refractivity contribution in [2.24, 2.45) is 0 Å². The molecular formula is C23H26ClN5O. The zero-order chi connectivity index (χ0) is 20.8. The van der Waals surface area contributed by atoms with Crippen molar-refractivity contribution in [2.75, 3.05) is 18.8 Å².